The molecule has 3 heterocycles. The van der Waals surface area contributed by atoms with Crippen LogP contribution in [0.3, 0.4) is 0 Å². The van der Waals surface area contributed by atoms with Gasteiger partial charge in [-0.1, -0.05) is 17.7 Å². The Kier molecular flexibility index (Phi) is 6.70. The molecule has 3 aromatic rings. The summed E-state index contributed by atoms with van der Waals surface area (Å²) >= 11 is 6.53. The number of hydrogen-bond donors (Lipinski definition) is 3. The molecule has 2 aliphatic heterocycles. The summed E-state index contributed by atoms with van der Waals surface area (Å²) in [6.45, 7) is 4.01. The van der Waals surface area contributed by atoms with Crippen molar-refractivity contribution in [1.82, 2.24) is 15.2 Å². The van der Waals surface area contributed by atoms with Gasteiger partial charge in [0, 0.05) is 69.2 Å². The number of carbonyl (C=O) groups excluding carboxylic acids is 1. The lowest BCUT2D eigenvalue weighted by atomic mass is 9.97. The third kappa shape index (κ3) is 4.45. The van der Waals surface area contributed by atoms with E-state index in [0.717, 1.165) is 31.9 Å². The first-order chi connectivity index (χ1) is 17.4. The maximum atomic E-state index is 14.8. The van der Waals surface area contributed by atoms with Gasteiger partial charge in [-0.25, -0.2) is 9.18 Å². The maximum Gasteiger partial charge on any atom is 0.324 e. The number of halogens is 2. The average Bonchev–Trinajstić information content (AvgIpc) is 3.23. The second kappa shape index (κ2) is 9.93. The minimum absolute atomic E-state index is 0.109. The van der Waals surface area contributed by atoms with Gasteiger partial charge < -0.3 is 25.3 Å². The number of benzene rings is 2. The number of hydrogen-bond acceptors (Lipinski definition) is 6. The fraction of sp³-hybridized carbons (Fsp3) is 0.308. The number of phenols is 1. The molecule has 8 nitrogen and oxygen atoms in total. The Morgan fingerprint density at radius 3 is 2.39 bits per heavy atom. The van der Waals surface area contributed by atoms with Gasteiger partial charge in [-0.2, -0.15) is 0 Å². The van der Waals surface area contributed by atoms with Crippen LogP contribution in [0.2, 0.25) is 5.02 Å². The molecule has 36 heavy (non-hydrogen) atoms. The van der Waals surface area contributed by atoms with Crippen LogP contribution >= 0.6 is 11.6 Å². The Morgan fingerprint density at radius 1 is 1.03 bits per heavy atom. The van der Waals surface area contributed by atoms with Gasteiger partial charge in [-0.15, -0.1) is 0 Å². The van der Waals surface area contributed by atoms with E-state index in [1.807, 2.05) is 6.07 Å². The van der Waals surface area contributed by atoms with Crippen LogP contribution in [0, 0.1) is 5.82 Å². The Hall–Kier alpha value is -3.40. The molecule has 10 heteroatoms. The number of aromatic hydroxyl groups is 1. The Bertz CT molecular complexity index is 1310. The number of carbonyl (C=O) groups is 1. The van der Waals surface area contributed by atoms with E-state index in [-0.39, 0.29) is 29.5 Å². The molecular formula is C26H27ClFN5O3. The first-order valence-electron chi connectivity index (χ1n) is 11.8. The molecule has 2 amide bonds. The van der Waals surface area contributed by atoms with E-state index < -0.39 is 5.82 Å². The number of aromatic nitrogens is 1. The summed E-state index contributed by atoms with van der Waals surface area (Å²) in [7, 11) is 1.73. The lowest BCUT2D eigenvalue weighted by Crippen LogP contribution is -2.44. The number of likely N-dealkylation sites (N-methyl/N-ethyl adjacent to an activating group) is 1. The van der Waals surface area contributed by atoms with E-state index in [0.29, 0.717) is 40.6 Å². The summed E-state index contributed by atoms with van der Waals surface area (Å²) in [6.07, 6.45) is 1.53. The number of aliphatic hydroxyl groups excluding tert-OH is 1. The molecule has 0 radical (unpaired) electrons. The normalized spacial score (nSPS) is 16.2. The van der Waals surface area contributed by atoms with Crippen molar-refractivity contribution in [3.63, 3.8) is 0 Å². The Morgan fingerprint density at radius 2 is 1.75 bits per heavy atom. The number of piperazine rings is 1. The SMILES string of the molecule is CN1CCN(c2ccc(-c3cc(F)cc(-c4cnc(CO)c(N5CCNCC5)c4)c3O)cc2Cl)C1=O. The zero-order valence-electron chi connectivity index (χ0n) is 19.8. The predicted octanol–water partition coefficient (Wildman–Crippen LogP) is 3.69. The minimum atomic E-state index is -0.524. The van der Waals surface area contributed by atoms with Crippen LogP contribution in [-0.4, -0.2) is 72.4 Å². The van der Waals surface area contributed by atoms with Gasteiger partial charge in [0.2, 0.25) is 0 Å². The van der Waals surface area contributed by atoms with Crippen LogP contribution in [0.4, 0.5) is 20.6 Å². The fourth-order valence-electron chi connectivity index (χ4n) is 4.73. The van der Waals surface area contributed by atoms with Gasteiger partial charge in [0.15, 0.2) is 0 Å². The summed E-state index contributed by atoms with van der Waals surface area (Å²) in [5.41, 5.74) is 3.47. The smallest absolute Gasteiger partial charge is 0.324 e. The molecule has 2 aliphatic rings. The highest BCUT2D eigenvalue weighted by atomic mass is 35.5. The summed E-state index contributed by atoms with van der Waals surface area (Å²) in [6, 6.07) is 9.26. The second-order valence-corrected chi connectivity index (χ2v) is 9.36. The number of nitrogens with zero attached hydrogens (tertiary/aromatic N) is 4. The van der Waals surface area contributed by atoms with Crippen molar-refractivity contribution in [1.29, 1.82) is 0 Å². The fourth-order valence-corrected chi connectivity index (χ4v) is 5.02. The van der Waals surface area contributed by atoms with Gasteiger partial charge in [-0.05, 0) is 35.9 Å². The Balaban J connectivity index is 1.54. The number of anilines is 2. The van der Waals surface area contributed by atoms with Crippen molar-refractivity contribution in [3.8, 4) is 28.0 Å². The van der Waals surface area contributed by atoms with E-state index in [9.17, 15) is 19.4 Å². The molecule has 0 bridgehead atoms. The number of aliphatic hydroxyl groups is 1. The van der Waals surface area contributed by atoms with E-state index in [1.165, 1.54) is 18.3 Å². The van der Waals surface area contributed by atoms with Crippen molar-refractivity contribution >= 4 is 29.0 Å². The summed E-state index contributed by atoms with van der Waals surface area (Å²) in [4.78, 5) is 22.1. The van der Waals surface area contributed by atoms with Crippen molar-refractivity contribution < 1.29 is 19.4 Å². The van der Waals surface area contributed by atoms with Crippen LogP contribution in [0.15, 0.2) is 42.6 Å². The molecule has 0 unspecified atom stereocenters. The number of urea groups is 1. The van der Waals surface area contributed by atoms with Crippen LogP contribution in [0.1, 0.15) is 5.69 Å². The number of amides is 2. The average molecular weight is 512 g/mol. The molecule has 2 fully saturated rings. The summed E-state index contributed by atoms with van der Waals surface area (Å²) in [5, 5.41) is 24.6. The van der Waals surface area contributed by atoms with Crippen LogP contribution in [-0.2, 0) is 6.61 Å². The van der Waals surface area contributed by atoms with Crippen molar-refractivity contribution in [2.45, 2.75) is 6.61 Å². The second-order valence-electron chi connectivity index (χ2n) is 8.96. The topological polar surface area (TPSA) is 92.2 Å². The molecule has 0 spiro atoms. The number of nitrogens with one attached hydrogen (secondary N) is 1. The molecule has 1 aromatic heterocycles. The van der Waals surface area contributed by atoms with E-state index in [4.69, 9.17) is 11.6 Å². The molecule has 2 saturated heterocycles. The lowest BCUT2D eigenvalue weighted by molar-refractivity contribution is 0.229. The highest BCUT2D eigenvalue weighted by Crippen LogP contribution is 2.42. The molecule has 3 N–H and O–H groups in total. The van der Waals surface area contributed by atoms with Crippen LogP contribution in [0.25, 0.3) is 22.3 Å². The maximum absolute atomic E-state index is 14.8. The predicted molar refractivity (Wildman–Crippen MR) is 138 cm³/mol. The molecule has 0 saturated carbocycles. The summed E-state index contributed by atoms with van der Waals surface area (Å²) in [5.74, 6) is -0.633. The van der Waals surface area contributed by atoms with Crippen molar-refractivity contribution in [3.05, 3.63) is 59.1 Å². The van der Waals surface area contributed by atoms with Gasteiger partial charge in [0.25, 0.3) is 0 Å². The monoisotopic (exact) mass is 511 g/mol. The molecule has 188 valence electrons. The minimum Gasteiger partial charge on any atom is -0.507 e. The highest BCUT2D eigenvalue weighted by molar-refractivity contribution is 6.34. The molecule has 0 aliphatic carbocycles. The number of pyridine rings is 1. The first kappa shape index (κ1) is 24.3. The van der Waals surface area contributed by atoms with E-state index in [2.05, 4.69) is 15.2 Å². The molecule has 0 atom stereocenters. The van der Waals surface area contributed by atoms with Crippen molar-refractivity contribution in [2.24, 2.45) is 0 Å². The van der Waals surface area contributed by atoms with Crippen LogP contribution < -0.4 is 15.1 Å². The molecular weight excluding hydrogens is 485 g/mol. The van der Waals surface area contributed by atoms with Gasteiger partial charge in [0.05, 0.1) is 28.7 Å². The number of rotatable bonds is 5. The molecule has 5 rings (SSSR count). The third-order valence-corrected chi connectivity index (χ3v) is 7.01. The highest BCUT2D eigenvalue weighted by Gasteiger charge is 2.28. The summed E-state index contributed by atoms with van der Waals surface area (Å²) < 4.78 is 14.8. The van der Waals surface area contributed by atoms with Crippen molar-refractivity contribution in [2.75, 3.05) is 56.1 Å². The standard InChI is InChI=1S/C26H27ClFN5O3/c1-31-8-9-33(26(31)36)23-3-2-16(10-21(23)27)19-12-18(28)13-20(25(19)35)17-11-24(22(15-34)30-14-17)32-6-4-29-5-7-32/h2-3,10-14,29,34-35H,4-9,15H2,1H3. The van der Waals surface area contributed by atoms with Gasteiger partial charge in [-0.3, -0.25) is 9.88 Å². The van der Waals surface area contributed by atoms with E-state index >= 15 is 0 Å². The van der Waals surface area contributed by atoms with Crippen LogP contribution in [0.5, 0.6) is 5.75 Å². The quantitative estimate of drug-likeness (QED) is 0.484. The number of phenolic OH excluding ortho intramolecular Hbond substituents is 1. The largest absolute Gasteiger partial charge is 0.507 e. The Labute approximate surface area is 213 Å². The molecule has 2 aromatic carbocycles. The van der Waals surface area contributed by atoms with Gasteiger partial charge >= 0.3 is 6.03 Å². The van der Waals surface area contributed by atoms with E-state index in [1.54, 1.807) is 35.0 Å². The zero-order valence-corrected chi connectivity index (χ0v) is 20.6. The lowest BCUT2D eigenvalue weighted by Gasteiger charge is -2.31. The zero-order chi connectivity index (χ0) is 25.4. The first-order valence-corrected chi connectivity index (χ1v) is 12.2. The van der Waals surface area contributed by atoms with Gasteiger partial charge in [0.1, 0.15) is 11.6 Å². The third-order valence-electron chi connectivity index (χ3n) is 6.71.